The first-order chi connectivity index (χ1) is 11.0. The Morgan fingerprint density at radius 2 is 1.61 bits per heavy atom. The van der Waals surface area contributed by atoms with Crippen LogP contribution in [0.4, 0.5) is 0 Å². The first kappa shape index (κ1) is 16.1. The summed E-state index contributed by atoms with van der Waals surface area (Å²) in [7, 11) is 0. The van der Waals surface area contributed by atoms with E-state index in [0.717, 1.165) is 6.42 Å². The lowest BCUT2D eigenvalue weighted by Gasteiger charge is -2.16. The molecule has 0 atom stereocenters. The summed E-state index contributed by atoms with van der Waals surface area (Å²) < 4.78 is 0. The Morgan fingerprint density at radius 3 is 2.30 bits per heavy atom. The Hall–Kier alpha value is -1.82. The molecule has 0 unspecified atom stereocenters. The van der Waals surface area contributed by atoms with Crippen LogP contribution in [0.3, 0.4) is 0 Å². The summed E-state index contributed by atoms with van der Waals surface area (Å²) in [5.74, 6) is 0. The van der Waals surface area contributed by atoms with Gasteiger partial charge in [-0.1, -0.05) is 75.7 Å². The first-order valence-corrected chi connectivity index (χ1v) is 8.94. The minimum Gasteiger partial charge on any atom is -0.0683 e. The van der Waals surface area contributed by atoms with Crippen molar-refractivity contribution in [1.82, 2.24) is 0 Å². The second kappa shape index (κ2) is 6.00. The highest BCUT2D eigenvalue weighted by Crippen LogP contribution is 2.46. The van der Waals surface area contributed by atoms with E-state index in [1.54, 1.807) is 11.1 Å². The summed E-state index contributed by atoms with van der Waals surface area (Å²) in [6, 6.07) is 13.4. The third kappa shape index (κ3) is 2.87. The summed E-state index contributed by atoms with van der Waals surface area (Å²) in [5, 5.41) is 0. The van der Waals surface area contributed by atoms with Crippen LogP contribution >= 0.6 is 0 Å². The summed E-state index contributed by atoms with van der Waals surface area (Å²) in [6.07, 6.45) is 5.95. The zero-order valence-corrected chi connectivity index (χ0v) is 15.2. The highest BCUT2D eigenvalue weighted by Gasteiger charge is 2.33. The molecule has 2 aromatic rings. The van der Waals surface area contributed by atoms with Gasteiger partial charge >= 0.3 is 0 Å². The van der Waals surface area contributed by atoms with Gasteiger partial charge in [-0.15, -0.1) is 0 Å². The highest BCUT2D eigenvalue weighted by atomic mass is 14.4. The topological polar surface area (TPSA) is 0 Å². The fraction of sp³-hybridized carbons (Fsp3) is 0.391. The van der Waals surface area contributed by atoms with Crippen LogP contribution in [0.5, 0.6) is 0 Å². The van der Waals surface area contributed by atoms with Crippen molar-refractivity contribution in [2.75, 3.05) is 0 Å². The Labute approximate surface area is 141 Å². The average molecular weight is 304 g/mol. The molecule has 0 heterocycles. The molecule has 0 heteroatoms. The maximum absolute atomic E-state index is 2.48. The molecule has 0 spiro atoms. The van der Waals surface area contributed by atoms with Crippen molar-refractivity contribution in [3.63, 3.8) is 0 Å². The third-order valence-electron chi connectivity index (χ3n) is 4.90. The largest absolute Gasteiger partial charge is 0.0683 e. The van der Waals surface area contributed by atoms with Gasteiger partial charge in [-0.2, -0.15) is 0 Å². The molecule has 120 valence electrons. The van der Waals surface area contributed by atoms with Crippen LogP contribution in [0.2, 0.25) is 0 Å². The van der Waals surface area contributed by atoms with E-state index in [1.807, 2.05) is 13.8 Å². The van der Waals surface area contributed by atoms with Crippen LogP contribution in [0, 0.1) is 5.41 Å². The van der Waals surface area contributed by atoms with E-state index < -0.39 is 0 Å². The van der Waals surface area contributed by atoms with E-state index in [1.165, 1.54) is 40.7 Å². The average Bonchev–Trinajstić information content (AvgIpc) is 3.04. The monoisotopic (exact) mass is 304 g/mol. The van der Waals surface area contributed by atoms with Crippen molar-refractivity contribution < 1.29 is 0 Å². The van der Waals surface area contributed by atoms with Gasteiger partial charge < -0.3 is 0 Å². The van der Waals surface area contributed by atoms with E-state index in [0.29, 0.717) is 5.41 Å². The van der Waals surface area contributed by atoms with E-state index >= 15 is 0 Å². The van der Waals surface area contributed by atoms with Gasteiger partial charge in [0.15, 0.2) is 0 Å². The van der Waals surface area contributed by atoms with Crippen molar-refractivity contribution >= 4 is 6.08 Å². The zero-order chi connectivity index (χ0) is 16.6. The van der Waals surface area contributed by atoms with Crippen LogP contribution < -0.4 is 0 Å². The predicted molar refractivity (Wildman–Crippen MR) is 102 cm³/mol. The number of allylic oxidation sites excluding steroid dienone is 1. The molecule has 2 aromatic carbocycles. The lowest BCUT2D eigenvalue weighted by molar-refractivity contribution is 0.393. The lowest BCUT2D eigenvalue weighted by Crippen LogP contribution is -2.09. The quantitative estimate of drug-likeness (QED) is 0.567. The number of fused-ring (bicyclic) bond motifs is 2. The predicted octanol–water partition coefficient (Wildman–Crippen LogP) is 6.46. The summed E-state index contributed by atoms with van der Waals surface area (Å²) in [5.41, 5.74) is 11.0. The van der Waals surface area contributed by atoms with E-state index in [2.05, 4.69) is 63.2 Å². The van der Waals surface area contributed by atoms with Crippen molar-refractivity contribution in [2.45, 2.75) is 53.9 Å². The Bertz CT molecular complexity index is 745. The van der Waals surface area contributed by atoms with Crippen LogP contribution in [-0.2, 0) is 19.3 Å². The fourth-order valence-electron chi connectivity index (χ4n) is 4.12. The first-order valence-electron chi connectivity index (χ1n) is 8.94. The molecule has 0 bridgehead atoms. The number of benzene rings is 2. The minimum atomic E-state index is 0.402. The van der Waals surface area contributed by atoms with Gasteiger partial charge in [-0.05, 0) is 65.0 Å². The van der Waals surface area contributed by atoms with Crippen molar-refractivity contribution in [1.29, 1.82) is 0 Å². The molecular formula is C23H28. The second-order valence-corrected chi connectivity index (χ2v) is 7.51. The Kier molecular flexibility index (Phi) is 4.19. The smallest absolute Gasteiger partial charge is 0.00603 e. The minimum absolute atomic E-state index is 0.402. The van der Waals surface area contributed by atoms with Crippen LogP contribution in [0.1, 0.15) is 56.9 Å². The van der Waals surface area contributed by atoms with Crippen LogP contribution in [0.15, 0.2) is 42.0 Å². The summed E-state index contributed by atoms with van der Waals surface area (Å²) >= 11 is 0. The van der Waals surface area contributed by atoms with Gasteiger partial charge in [0.2, 0.25) is 0 Å². The SMILES string of the molecule is CC.CC1=Cc2c(cc3c(c2-c2ccccc2)CC(C)(C)C3)C1. The maximum atomic E-state index is 2.48. The molecule has 0 saturated carbocycles. The van der Waals surface area contributed by atoms with Gasteiger partial charge in [0.05, 0.1) is 0 Å². The molecule has 23 heavy (non-hydrogen) atoms. The van der Waals surface area contributed by atoms with E-state index in [-0.39, 0.29) is 0 Å². The molecule has 4 rings (SSSR count). The molecule has 0 nitrogen and oxygen atoms in total. The fourth-order valence-corrected chi connectivity index (χ4v) is 4.12. The molecule has 0 N–H and O–H groups in total. The number of rotatable bonds is 1. The lowest BCUT2D eigenvalue weighted by atomic mass is 9.88. The molecule has 0 radical (unpaired) electrons. The normalized spacial score (nSPS) is 17.0. The van der Waals surface area contributed by atoms with E-state index in [9.17, 15) is 0 Å². The van der Waals surface area contributed by atoms with Gasteiger partial charge in [-0.25, -0.2) is 0 Å². The molecule has 0 amide bonds. The van der Waals surface area contributed by atoms with Crippen molar-refractivity contribution in [2.24, 2.45) is 5.41 Å². The van der Waals surface area contributed by atoms with Gasteiger partial charge in [0, 0.05) is 0 Å². The standard InChI is InChI=1S/C21H22.C2H6/c1-14-9-16-11-17-12-21(2,3)13-19(17)20(18(16)10-14)15-7-5-4-6-8-15;1-2/h4-8,10-11H,9,12-13H2,1-3H3;1-2H3. The van der Waals surface area contributed by atoms with Crippen LogP contribution in [0.25, 0.3) is 17.2 Å². The molecule has 0 saturated heterocycles. The molecule has 0 aromatic heterocycles. The third-order valence-corrected chi connectivity index (χ3v) is 4.90. The molecule has 2 aliphatic carbocycles. The van der Waals surface area contributed by atoms with Crippen molar-refractivity contribution in [3.05, 3.63) is 64.2 Å². The Balaban J connectivity index is 0.000000753. The summed E-state index contributed by atoms with van der Waals surface area (Å²) in [6.45, 7) is 11.0. The molecule has 2 aliphatic rings. The second-order valence-electron chi connectivity index (χ2n) is 7.51. The van der Waals surface area contributed by atoms with Crippen molar-refractivity contribution in [3.8, 4) is 11.1 Å². The summed E-state index contributed by atoms with van der Waals surface area (Å²) in [4.78, 5) is 0. The van der Waals surface area contributed by atoms with Gasteiger partial charge in [-0.3, -0.25) is 0 Å². The van der Waals surface area contributed by atoms with E-state index in [4.69, 9.17) is 0 Å². The maximum Gasteiger partial charge on any atom is -0.00603 e. The van der Waals surface area contributed by atoms with Gasteiger partial charge in [0.1, 0.15) is 0 Å². The van der Waals surface area contributed by atoms with Gasteiger partial charge in [0.25, 0.3) is 0 Å². The Morgan fingerprint density at radius 1 is 0.913 bits per heavy atom. The molecular weight excluding hydrogens is 276 g/mol. The highest BCUT2D eigenvalue weighted by molar-refractivity contribution is 5.84. The molecule has 0 aliphatic heterocycles. The number of hydrogen-bond donors (Lipinski definition) is 0. The zero-order valence-electron chi connectivity index (χ0n) is 15.2. The van der Waals surface area contributed by atoms with Crippen LogP contribution in [-0.4, -0.2) is 0 Å². The number of hydrogen-bond acceptors (Lipinski definition) is 0. The molecule has 0 fully saturated rings.